The smallest absolute Gasteiger partial charge is 0.410 e. The van der Waals surface area contributed by atoms with Crippen LogP contribution in [0.3, 0.4) is 0 Å². The van der Waals surface area contributed by atoms with Crippen LogP contribution in [0.5, 0.6) is 0 Å². The standard InChI is InChI=1S/C27H30F2N2O6/c1-5-36-25(34)18-14-31(15-9-10-15)23-16(22(29)19(28)13-17(23)24(18)33)7-6-8-20-21(32)11-12-30(20)26(35)37-27(2,3)4/h13-15,20-21,32H,5,8-12H2,1-4H3/t20-,21+/m1/s1. The van der Waals surface area contributed by atoms with E-state index in [1.54, 1.807) is 32.3 Å². The Morgan fingerprint density at radius 3 is 2.54 bits per heavy atom. The molecule has 1 saturated carbocycles. The first-order chi connectivity index (χ1) is 17.4. The number of aliphatic hydroxyl groups is 1. The quantitative estimate of drug-likeness (QED) is 0.489. The van der Waals surface area contributed by atoms with Gasteiger partial charge in [0.2, 0.25) is 5.43 Å². The first-order valence-corrected chi connectivity index (χ1v) is 12.3. The van der Waals surface area contributed by atoms with Crippen LogP contribution in [0.2, 0.25) is 0 Å². The normalized spacial score (nSPS) is 19.5. The molecule has 0 radical (unpaired) electrons. The van der Waals surface area contributed by atoms with E-state index in [1.807, 2.05) is 0 Å². The van der Waals surface area contributed by atoms with Gasteiger partial charge in [0, 0.05) is 25.2 Å². The van der Waals surface area contributed by atoms with Crippen LogP contribution < -0.4 is 5.43 Å². The molecule has 8 nitrogen and oxygen atoms in total. The average Bonchev–Trinajstić information content (AvgIpc) is 3.59. The largest absolute Gasteiger partial charge is 0.462 e. The summed E-state index contributed by atoms with van der Waals surface area (Å²) in [6.45, 7) is 7.13. The zero-order valence-corrected chi connectivity index (χ0v) is 21.3. The number of pyridine rings is 1. The molecule has 1 N–H and O–H groups in total. The molecule has 2 aliphatic rings. The van der Waals surface area contributed by atoms with Gasteiger partial charge in [0.05, 0.1) is 35.2 Å². The maximum absolute atomic E-state index is 15.1. The molecule has 2 fully saturated rings. The molecule has 2 aromatic rings. The number of halogens is 2. The third-order valence-electron chi connectivity index (χ3n) is 6.31. The van der Waals surface area contributed by atoms with Gasteiger partial charge in [0.1, 0.15) is 11.2 Å². The van der Waals surface area contributed by atoms with Crippen LogP contribution in [0.1, 0.15) is 75.3 Å². The molecular formula is C27H30F2N2O6. The van der Waals surface area contributed by atoms with Gasteiger partial charge in [-0.25, -0.2) is 18.4 Å². The van der Waals surface area contributed by atoms with Crippen molar-refractivity contribution in [3.8, 4) is 11.8 Å². The number of fused-ring (bicyclic) bond motifs is 1. The molecular weight excluding hydrogens is 486 g/mol. The lowest BCUT2D eigenvalue weighted by molar-refractivity contribution is 0.0161. The molecule has 1 aliphatic carbocycles. The minimum absolute atomic E-state index is 0.0214. The molecule has 4 rings (SSSR count). The fourth-order valence-corrected chi connectivity index (χ4v) is 4.45. The van der Waals surface area contributed by atoms with E-state index in [1.165, 1.54) is 11.1 Å². The van der Waals surface area contributed by atoms with Crippen LogP contribution in [0.25, 0.3) is 10.9 Å². The van der Waals surface area contributed by atoms with Gasteiger partial charge in [-0.1, -0.05) is 11.8 Å². The second-order valence-electron chi connectivity index (χ2n) is 10.3. The number of likely N-dealkylation sites (tertiary alicyclic amines) is 1. The lowest BCUT2D eigenvalue weighted by Crippen LogP contribution is -2.42. The summed E-state index contributed by atoms with van der Waals surface area (Å²) >= 11 is 0. The molecule has 2 heterocycles. The van der Waals surface area contributed by atoms with Crippen LogP contribution in [0, 0.1) is 23.5 Å². The Morgan fingerprint density at radius 1 is 1.22 bits per heavy atom. The van der Waals surface area contributed by atoms with Crippen molar-refractivity contribution in [1.29, 1.82) is 0 Å². The highest BCUT2D eigenvalue weighted by Crippen LogP contribution is 2.38. The fourth-order valence-electron chi connectivity index (χ4n) is 4.45. The predicted octanol–water partition coefficient (Wildman–Crippen LogP) is 3.90. The van der Waals surface area contributed by atoms with Gasteiger partial charge in [-0.2, -0.15) is 0 Å². The number of esters is 1. The number of amides is 1. The van der Waals surface area contributed by atoms with Crippen LogP contribution in [0.15, 0.2) is 17.1 Å². The molecule has 1 amide bonds. The predicted molar refractivity (Wildman–Crippen MR) is 131 cm³/mol. The SMILES string of the molecule is CCOC(=O)c1cn(C2CC2)c2c(C#CC[C@@H]3[C@@H](O)CCN3C(=O)OC(C)(C)C)c(F)c(F)cc2c1=O. The van der Waals surface area contributed by atoms with Crippen molar-refractivity contribution >= 4 is 23.0 Å². The van der Waals surface area contributed by atoms with E-state index < -0.39 is 46.9 Å². The van der Waals surface area contributed by atoms with Gasteiger partial charge in [-0.05, 0) is 53.0 Å². The minimum Gasteiger partial charge on any atom is -0.462 e. The Morgan fingerprint density at radius 2 is 1.92 bits per heavy atom. The number of ether oxygens (including phenoxy) is 2. The summed E-state index contributed by atoms with van der Waals surface area (Å²) in [6, 6.07) is -0.00244. The summed E-state index contributed by atoms with van der Waals surface area (Å²) in [5.74, 6) is 2.10. The number of carbonyl (C=O) groups is 2. The van der Waals surface area contributed by atoms with E-state index in [4.69, 9.17) is 9.47 Å². The molecule has 10 heteroatoms. The maximum atomic E-state index is 15.1. The molecule has 2 atom stereocenters. The lowest BCUT2D eigenvalue weighted by Gasteiger charge is -2.28. The third-order valence-corrected chi connectivity index (χ3v) is 6.31. The zero-order chi connectivity index (χ0) is 27.1. The number of nitrogens with zero attached hydrogens (tertiary/aromatic N) is 2. The van der Waals surface area contributed by atoms with Gasteiger partial charge in [0.25, 0.3) is 0 Å². The van der Waals surface area contributed by atoms with Crippen LogP contribution in [-0.2, 0) is 9.47 Å². The van der Waals surface area contributed by atoms with E-state index in [2.05, 4.69) is 11.8 Å². The van der Waals surface area contributed by atoms with Crippen LogP contribution in [-0.4, -0.2) is 57.5 Å². The highest BCUT2D eigenvalue weighted by Gasteiger charge is 2.37. The van der Waals surface area contributed by atoms with Gasteiger partial charge >= 0.3 is 12.1 Å². The lowest BCUT2D eigenvalue weighted by atomic mass is 10.0. The Kier molecular flexibility index (Phi) is 7.29. The van der Waals surface area contributed by atoms with Gasteiger partial charge in [0.15, 0.2) is 11.6 Å². The van der Waals surface area contributed by atoms with Gasteiger partial charge in [-0.15, -0.1) is 0 Å². The number of hydrogen-bond donors (Lipinski definition) is 1. The Balaban J connectivity index is 1.75. The molecule has 0 spiro atoms. The van der Waals surface area contributed by atoms with Gasteiger partial charge < -0.3 is 24.0 Å². The summed E-state index contributed by atoms with van der Waals surface area (Å²) in [7, 11) is 0. The summed E-state index contributed by atoms with van der Waals surface area (Å²) in [5.41, 5.74) is -1.96. The summed E-state index contributed by atoms with van der Waals surface area (Å²) < 4.78 is 41.6. The second kappa shape index (κ2) is 10.1. The molecule has 198 valence electrons. The molecule has 1 aromatic heterocycles. The van der Waals surface area contributed by atoms with E-state index in [-0.39, 0.29) is 47.6 Å². The van der Waals surface area contributed by atoms with Crippen molar-refractivity contribution in [2.75, 3.05) is 13.2 Å². The van der Waals surface area contributed by atoms with Crippen molar-refractivity contribution in [3.05, 3.63) is 45.2 Å². The third kappa shape index (κ3) is 5.47. The molecule has 0 bridgehead atoms. The number of hydrogen-bond acceptors (Lipinski definition) is 6. The number of carbonyl (C=O) groups excluding carboxylic acids is 2. The highest BCUT2D eigenvalue weighted by atomic mass is 19.2. The zero-order valence-electron chi connectivity index (χ0n) is 21.3. The van der Waals surface area contributed by atoms with Crippen molar-refractivity contribution in [2.45, 2.75) is 77.2 Å². The molecule has 0 unspecified atom stereocenters. The second-order valence-corrected chi connectivity index (χ2v) is 10.3. The van der Waals surface area contributed by atoms with Crippen molar-refractivity contribution in [3.63, 3.8) is 0 Å². The number of rotatable bonds is 4. The Bertz CT molecular complexity index is 1360. The summed E-state index contributed by atoms with van der Waals surface area (Å²) in [4.78, 5) is 39.4. The first kappa shape index (κ1) is 26.6. The van der Waals surface area contributed by atoms with Crippen molar-refractivity contribution < 1.29 is 33.0 Å². The summed E-state index contributed by atoms with van der Waals surface area (Å²) in [5, 5.41) is 10.3. The fraction of sp³-hybridized carbons (Fsp3) is 0.519. The highest BCUT2D eigenvalue weighted by molar-refractivity contribution is 5.95. The van der Waals surface area contributed by atoms with E-state index in [0.29, 0.717) is 6.42 Å². The topological polar surface area (TPSA) is 98.1 Å². The minimum atomic E-state index is -1.27. The monoisotopic (exact) mass is 516 g/mol. The number of benzene rings is 1. The van der Waals surface area contributed by atoms with Crippen molar-refractivity contribution in [1.82, 2.24) is 9.47 Å². The molecule has 37 heavy (non-hydrogen) atoms. The molecule has 1 aliphatic heterocycles. The van der Waals surface area contributed by atoms with E-state index >= 15 is 4.39 Å². The average molecular weight is 517 g/mol. The first-order valence-electron chi connectivity index (χ1n) is 12.3. The van der Waals surface area contributed by atoms with E-state index in [9.17, 15) is 23.9 Å². The van der Waals surface area contributed by atoms with E-state index in [0.717, 1.165) is 18.9 Å². The number of aliphatic hydroxyl groups excluding tert-OH is 1. The molecule has 1 aromatic carbocycles. The van der Waals surface area contributed by atoms with Gasteiger partial charge in [-0.3, -0.25) is 4.79 Å². The number of aromatic nitrogens is 1. The van der Waals surface area contributed by atoms with Crippen LogP contribution >= 0.6 is 0 Å². The summed E-state index contributed by atoms with van der Waals surface area (Å²) in [6.07, 6.45) is 1.68. The Labute approximate surface area is 213 Å². The van der Waals surface area contributed by atoms with Crippen LogP contribution in [0.4, 0.5) is 13.6 Å². The molecule has 1 saturated heterocycles. The van der Waals surface area contributed by atoms with Crippen molar-refractivity contribution in [2.24, 2.45) is 0 Å². The Hall–Kier alpha value is -3.45. The maximum Gasteiger partial charge on any atom is 0.410 e.